The zero-order valence-corrected chi connectivity index (χ0v) is 9.38. The fourth-order valence-corrected chi connectivity index (χ4v) is 2.63. The van der Waals surface area contributed by atoms with Crippen LogP contribution in [0.2, 0.25) is 10.0 Å². The highest BCUT2D eigenvalue weighted by atomic mass is 35.5. The lowest BCUT2D eigenvalue weighted by Crippen LogP contribution is -2.29. The average molecular weight is 233 g/mol. The molecule has 0 aliphatic carbocycles. The third kappa shape index (κ3) is 1.54. The molecule has 0 atom stereocenters. The van der Waals surface area contributed by atoms with Crippen LogP contribution >= 0.6 is 34.5 Å². The van der Waals surface area contributed by atoms with Crippen molar-refractivity contribution < 1.29 is 4.57 Å². The second-order valence-corrected chi connectivity index (χ2v) is 4.44. The molecule has 0 unspecified atom stereocenters. The molecule has 0 saturated heterocycles. The number of aromatic nitrogens is 1. The number of benzene rings is 1. The first-order valence-corrected chi connectivity index (χ1v) is 5.61. The van der Waals surface area contributed by atoms with Crippen molar-refractivity contribution >= 4 is 44.8 Å². The number of nitrogens with zero attached hydrogens (tertiary/aromatic N) is 1. The monoisotopic (exact) mass is 232 g/mol. The van der Waals surface area contributed by atoms with E-state index in [-0.39, 0.29) is 0 Å². The number of rotatable bonds is 1. The Morgan fingerprint density at radius 1 is 1.31 bits per heavy atom. The van der Waals surface area contributed by atoms with Crippen LogP contribution in [-0.2, 0) is 6.54 Å². The predicted molar refractivity (Wildman–Crippen MR) is 57.7 cm³/mol. The molecule has 0 spiro atoms. The van der Waals surface area contributed by atoms with Gasteiger partial charge in [-0.15, -0.1) is 0 Å². The summed E-state index contributed by atoms with van der Waals surface area (Å²) in [6.45, 7) is 3.06. The fourth-order valence-electron chi connectivity index (χ4n) is 1.26. The lowest BCUT2D eigenvalue weighted by molar-refractivity contribution is -0.663. The number of hydrogen-bond donors (Lipinski definition) is 0. The van der Waals surface area contributed by atoms with Gasteiger partial charge in [0.2, 0.25) is 11.0 Å². The molecule has 0 radical (unpaired) electrons. The third-order valence-corrected chi connectivity index (χ3v) is 3.62. The van der Waals surface area contributed by atoms with E-state index in [0.29, 0.717) is 10.0 Å². The molecule has 0 aliphatic rings. The minimum absolute atomic E-state index is 0.620. The minimum Gasteiger partial charge on any atom is -0.189 e. The maximum atomic E-state index is 5.93. The van der Waals surface area contributed by atoms with Gasteiger partial charge in [-0.3, -0.25) is 0 Å². The highest BCUT2D eigenvalue weighted by Gasteiger charge is 2.12. The SMILES string of the molecule is CC[n+]1csc2cc(Cl)c(Cl)cc21. The Hall–Kier alpha value is -0.310. The number of aryl methyl sites for hydroxylation is 1. The van der Waals surface area contributed by atoms with Gasteiger partial charge in [0, 0.05) is 6.07 Å². The maximum absolute atomic E-state index is 5.93. The van der Waals surface area contributed by atoms with Gasteiger partial charge in [-0.2, -0.15) is 4.57 Å². The Labute approximate surface area is 90.5 Å². The van der Waals surface area contributed by atoms with Gasteiger partial charge < -0.3 is 0 Å². The van der Waals surface area contributed by atoms with Gasteiger partial charge in [0.1, 0.15) is 11.2 Å². The smallest absolute Gasteiger partial charge is 0.189 e. The summed E-state index contributed by atoms with van der Waals surface area (Å²) in [4.78, 5) is 0. The van der Waals surface area contributed by atoms with Crippen molar-refractivity contribution in [2.24, 2.45) is 0 Å². The molecule has 1 nitrogen and oxygen atoms in total. The number of halogens is 2. The Kier molecular flexibility index (Phi) is 2.45. The average Bonchev–Trinajstić information content (AvgIpc) is 2.48. The molecule has 0 bridgehead atoms. The summed E-state index contributed by atoms with van der Waals surface area (Å²) >= 11 is 13.5. The zero-order valence-electron chi connectivity index (χ0n) is 7.05. The molecule has 0 saturated carbocycles. The Morgan fingerprint density at radius 2 is 2.00 bits per heavy atom. The van der Waals surface area contributed by atoms with Crippen LogP contribution in [0.1, 0.15) is 6.92 Å². The van der Waals surface area contributed by atoms with Crippen molar-refractivity contribution in [3.8, 4) is 0 Å². The first-order chi connectivity index (χ1) is 6.22. The molecule has 4 heteroatoms. The zero-order chi connectivity index (χ0) is 9.42. The number of thiazole rings is 1. The van der Waals surface area contributed by atoms with Crippen molar-refractivity contribution in [1.29, 1.82) is 0 Å². The first kappa shape index (κ1) is 9.25. The van der Waals surface area contributed by atoms with E-state index in [4.69, 9.17) is 23.2 Å². The van der Waals surface area contributed by atoms with Crippen LogP contribution in [-0.4, -0.2) is 0 Å². The molecule has 2 aromatic rings. The van der Waals surface area contributed by atoms with Crippen LogP contribution in [0.25, 0.3) is 10.2 Å². The lowest BCUT2D eigenvalue weighted by Gasteiger charge is -1.93. The van der Waals surface area contributed by atoms with E-state index in [9.17, 15) is 0 Å². The highest BCUT2D eigenvalue weighted by molar-refractivity contribution is 7.16. The van der Waals surface area contributed by atoms with Crippen molar-refractivity contribution in [3.05, 3.63) is 27.7 Å². The Balaban J connectivity index is 2.77. The molecule has 1 aromatic carbocycles. The van der Waals surface area contributed by atoms with E-state index >= 15 is 0 Å². The molecule has 2 rings (SSSR count). The predicted octanol–water partition coefficient (Wildman–Crippen LogP) is 3.52. The summed E-state index contributed by atoms with van der Waals surface area (Å²) in [5.41, 5.74) is 3.24. The van der Waals surface area contributed by atoms with E-state index in [0.717, 1.165) is 12.1 Å². The van der Waals surface area contributed by atoms with Crippen LogP contribution in [0, 0.1) is 0 Å². The first-order valence-electron chi connectivity index (χ1n) is 3.98. The Morgan fingerprint density at radius 3 is 2.69 bits per heavy atom. The molecule has 0 aliphatic heterocycles. The minimum atomic E-state index is 0.620. The summed E-state index contributed by atoms with van der Waals surface area (Å²) in [5.74, 6) is 0. The van der Waals surface area contributed by atoms with Gasteiger partial charge in [0.05, 0.1) is 10.0 Å². The van der Waals surface area contributed by atoms with Gasteiger partial charge in [0.15, 0.2) is 0 Å². The second-order valence-electron chi connectivity index (χ2n) is 2.74. The Bertz CT molecular complexity index is 450. The molecule has 1 heterocycles. The largest absolute Gasteiger partial charge is 0.225 e. The van der Waals surface area contributed by atoms with Crippen LogP contribution in [0.4, 0.5) is 0 Å². The standard InChI is InChI=1S/C9H8Cl2NS/c1-2-12-5-13-9-4-7(11)6(10)3-8(9)12/h3-5H,2H2,1H3/q+1. The number of fused-ring (bicyclic) bond motifs is 1. The lowest BCUT2D eigenvalue weighted by atomic mass is 10.3. The van der Waals surface area contributed by atoms with Crippen molar-refractivity contribution in [3.63, 3.8) is 0 Å². The fraction of sp³-hybridized carbons (Fsp3) is 0.222. The molecule has 1 aromatic heterocycles. The van der Waals surface area contributed by atoms with E-state index < -0.39 is 0 Å². The molecule has 0 amide bonds. The summed E-state index contributed by atoms with van der Waals surface area (Å²) in [7, 11) is 0. The molecule has 13 heavy (non-hydrogen) atoms. The van der Waals surface area contributed by atoms with Gasteiger partial charge >= 0.3 is 0 Å². The van der Waals surface area contributed by atoms with Gasteiger partial charge in [-0.1, -0.05) is 34.5 Å². The van der Waals surface area contributed by atoms with E-state index in [1.165, 1.54) is 4.70 Å². The van der Waals surface area contributed by atoms with Crippen LogP contribution in [0.3, 0.4) is 0 Å². The maximum Gasteiger partial charge on any atom is 0.225 e. The van der Waals surface area contributed by atoms with Crippen molar-refractivity contribution in [1.82, 2.24) is 0 Å². The van der Waals surface area contributed by atoms with Crippen LogP contribution < -0.4 is 4.57 Å². The molecule has 0 N–H and O–H groups in total. The van der Waals surface area contributed by atoms with Crippen LogP contribution in [0.15, 0.2) is 17.6 Å². The van der Waals surface area contributed by atoms with Gasteiger partial charge in [0.25, 0.3) is 0 Å². The molecular formula is C9H8Cl2NS+. The van der Waals surface area contributed by atoms with Crippen molar-refractivity contribution in [2.45, 2.75) is 13.5 Å². The van der Waals surface area contributed by atoms with E-state index in [1.807, 2.05) is 12.1 Å². The quantitative estimate of drug-likeness (QED) is 0.663. The summed E-state index contributed by atoms with van der Waals surface area (Å²) in [5, 5.41) is 1.24. The summed E-state index contributed by atoms with van der Waals surface area (Å²) in [6.07, 6.45) is 0. The second kappa shape index (κ2) is 3.45. The normalized spacial score (nSPS) is 11.0. The van der Waals surface area contributed by atoms with Gasteiger partial charge in [-0.05, 0) is 13.0 Å². The summed E-state index contributed by atoms with van der Waals surface area (Å²) in [6, 6.07) is 3.83. The molecule has 68 valence electrons. The van der Waals surface area contributed by atoms with E-state index in [2.05, 4.69) is 17.0 Å². The molecular weight excluding hydrogens is 225 g/mol. The van der Waals surface area contributed by atoms with Gasteiger partial charge in [-0.25, -0.2) is 0 Å². The highest BCUT2D eigenvalue weighted by Crippen LogP contribution is 2.28. The van der Waals surface area contributed by atoms with Crippen LogP contribution in [0.5, 0.6) is 0 Å². The topological polar surface area (TPSA) is 3.88 Å². The number of hydrogen-bond acceptors (Lipinski definition) is 1. The van der Waals surface area contributed by atoms with Crippen molar-refractivity contribution in [2.75, 3.05) is 0 Å². The molecule has 0 fully saturated rings. The third-order valence-electron chi connectivity index (χ3n) is 1.96. The van der Waals surface area contributed by atoms with E-state index in [1.54, 1.807) is 11.3 Å². The summed E-state index contributed by atoms with van der Waals surface area (Å²) < 4.78 is 3.33.